The number of nitrogens with one attached hydrogen (secondary N) is 1. The number of anilines is 1. The number of benzene rings is 1. The highest BCUT2D eigenvalue weighted by Gasteiger charge is 2.08. The third-order valence-corrected chi connectivity index (χ3v) is 2.63. The van der Waals surface area contributed by atoms with Gasteiger partial charge >= 0.3 is 0 Å². The smallest absolute Gasteiger partial charge is 0.161 e. The summed E-state index contributed by atoms with van der Waals surface area (Å²) in [6, 6.07) is 12.0. The van der Waals surface area contributed by atoms with Gasteiger partial charge in [0.05, 0.1) is 0 Å². The molecule has 1 heterocycles. The molecule has 0 saturated carbocycles. The second-order valence-corrected chi connectivity index (χ2v) is 4.27. The molecular formula is C14H17N3. The molecule has 0 unspecified atom stereocenters. The van der Waals surface area contributed by atoms with Gasteiger partial charge in [0, 0.05) is 24.4 Å². The van der Waals surface area contributed by atoms with Crippen LogP contribution in [-0.2, 0) is 0 Å². The Morgan fingerprint density at radius 1 is 1.06 bits per heavy atom. The summed E-state index contributed by atoms with van der Waals surface area (Å²) in [7, 11) is 1.88. The quantitative estimate of drug-likeness (QED) is 0.874. The van der Waals surface area contributed by atoms with Crippen molar-refractivity contribution in [1.29, 1.82) is 0 Å². The Hall–Kier alpha value is -1.90. The van der Waals surface area contributed by atoms with Crippen LogP contribution in [-0.4, -0.2) is 17.0 Å². The zero-order chi connectivity index (χ0) is 12.3. The zero-order valence-electron chi connectivity index (χ0n) is 10.4. The Bertz CT molecular complexity index is 492. The molecule has 0 bridgehead atoms. The van der Waals surface area contributed by atoms with Gasteiger partial charge < -0.3 is 5.32 Å². The first-order valence-corrected chi connectivity index (χ1v) is 5.83. The number of hydrogen-bond donors (Lipinski definition) is 1. The van der Waals surface area contributed by atoms with Crippen LogP contribution in [0.25, 0.3) is 11.4 Å². The molecule has 88 valence electrons. The summed E-state index contributed by atoms with van der Waals surface area (Å²) in [6.45, 7) is 4.27. The Morgan fingerprint density at radius 3 is 2.35 bits per heavy atom. The number of rotatable bonds is 3. The van der Waals surface area contributed by atoms with Gasteiger partial charge in [0.25, 0.3) is 0 Å². The number of hydrogen-bond acceptors (Lipinski definition) is 3. The summed E-state index contributed by atoms with van der Waals surface area (Å²) >= 11 is 0. The lowest BCUT2D eigenvalue weighted by Crippen LogP contribution is -2.02. The fraction of sp³-hybridized carbons (Fsp3) is 0.286. The van der Waals surface area contributed by atoms with Crippen LogP contribution >= 0.6 is 0 Å². The highest BCUT2D eigenvalue weighted by atomic mass is 15.0. The average Bonchev–Trinajstić information content (AvgIpc) is 2.39. The number of nitrogens with zero attached hydrogens (tertiary/aromatic N) is 2. The van der Waals surface area contributed by atoms with Gasteiger partial charge in [-0.1, -0.05) is 44.2 Å². The predicted molar refractivity (Wildman–Crippen MR) is 71.1 cm³/mol. The Balaban J connectivity index is 2.50. The van der Waals surface area contributed by atoms with E-state index in [0.717, 1.165) is 22.9 Å². The summed E-state index contributed by atoms with van der Waals surface area (Å²) in [4.78, 5) is 9.08. The zero-order valence-corrected chi connectivity index (χ0v) is 10.4. The minimum absolute atomic E-state index is 0.396. The fourth-order valence-corrected chi connectivity index (χ4v) is 1.61. The van der Waals surface area contributed by atoms with Crippen molar-refractivity contribution in [3.63, 3.8) is 0 Å². The van der Waals surface area contributed by atoms with E-state index in [1.165, 1.54) is 0 Å². The molecule has 17 heavy (non-hydrogen) atoms. The standard InChI is InChI=1S/C14H17N3/c1-10(2)12-9-13(15-3)17-14(16-12)11-7-5-4-6-8-11/h4-10H,1-3H3,(H,15,16,17). The van der Waals surface area contributed by atoms with E-state index in [0.29, 0.717) is 5.92 Å². The molecule has 0 saturated heterocycles. The van der Waals surface area contributed by atoms with Crippen LogP contribution in [0.5, 0.6) is 0 Å². The fourth-order valence-electron chi connectivity index (χ4n) is 1.61. The van der Waals surface area contributed by atoms with Gasteiger partial charge in [0.15, 0.2) is 5.82 Å². The van der Waals surface area contributed by atoms with Crippen LogP contribution in [0, 0.1) is 0 Å². The third-order valence-electron chi connectivity index (χ3n) is 2.63. The van der Waals surface area contributed by atoms with Gasteiger partial charge in [-0.15, -0.1) is 0 Å². The van der Waals surface area contributed by atoms with Gasteiger partial charge in [-0.05, 0) is 5.92 Å². The molecule has 0 aliphatic heterocycles. The maximum Gasteiger partial charge on any atom is 0.161 e. The van der Waals surface area contributed by atoms with Crippen molar-refractivity contribution in [2.45, 2.75) is 19.8 Å². The van der Waals surface area contributed by atoms with Gasteiger partial charge in [-0.2, -0.15) is 0 Å². The first-order chi connectivity index (χ1) is 8.20. The maximum absolute atomic E-state index is 4.60. The van der Waals surface area contributed by atoms with Crippen LogP contribution in [0.3, 0.4) is 0 Å². The summed E-state index contributed by atoms with van der Waals surface area (Å²) in [5.41, 5.74) is 2.11. The van der Waals surface area contributed by atoms with Crippen LogP contribution in [0.2, 0.25) is 0 Å². The van der Waals surface area contributed by atoms with E-state index in [9.17, 15) is 0 Å². The molecule has 3 heteroatoms. The van der Waals surface area contributed by atoms with E-state index in [4.69, 9.17) is 0 Å². The molecule has 1 aromatic carbocycles. The molecule has 0 aliphatic rings. The summed E-state index contributed by atoms with van der Waals surface area (Å²) in [5.74, 6) is 2.04. The molecule has 0 radical (unpaired) electrons. The molecule has 0 fully saturated rings. The maximum atomic E-state index is 4.60. The molecule has 2 rings (SSSR count). The summed E-state index contributed by atoms with van der Waals surface area (Å²) in [6.07, 6.45) is 0. The van der Waals surface area contributed by atoms with Crippen molar-refractivity contribution in [3.8, 4) is 11.4 Å². The molecule has 3 nitrogen and oxygen atoms in total. The van der Waals surface area contributed by atoms with Gasteiger partial charge in [0.1, 0.15) is 5.82 Å². The van der Waals surface area contributed by atoms with Crippen LogP contribution < -0.4 is 5.32 Å². The van der Waals surface area contributed by atoms with Gasteiger partial charge in [-0.25, -0.2) is 9.97 Å². The Labute approximate surface area is 102 Å². The SMILES string of the molecule is CNc1cc(C(C)C)nc(-c2ccccc2)n1. The minimum Gasteiger partial charge on any atom is -0.373 e. The molecule has 0 atom stereocenters. The van der Waals surface area contributed by atoms with Crippen molar-refractivity contribution >= 4 is 5.82 Å². The van der Waals surface area contributed by atoms with Crippen molar-refractivity contribution < 1.29 is 0 Å². The normalized spacial score (nSPS) is 10.6. The van der Waals surface area contributed by atoms with Crippen molar-refractivity contribution in [2.75, 3.05) is 12.4 Å². The largest absolute Gasteiger partial charge is 0.373 e. The van der Waals surface area contributed by atoms with E-state index < -0.39 is 0 Å². The highest BCUT2D eigenvalue weighted by molar-refractivity contribution is 5.57. The second kappa shape index (κ2) is 4.95. The first-order valence-electron chi connectivity index (χ1n) is 5.83. The first kappa shape index (κ1) is 11.6. The lowest BCUT2D eigenvalue weighted by atomic mass is 10.1. The minimum atomic E-state index is 0.396. The summed E-state index contributed by atoms with van der Waals surface area (Å²) < 4.78 is 0. The molecule has 0 aliphatic carbocycles. The highest BCUT2D eigenvalue weighted by Crippen LogP contribution is 2.21. The molecule has 0 spiro atoms. The molecule has 1 aromatic heterocycles. The molecule has 2 aromatic rings. The van der Waals surface area contributed by atoms with Gasteiger partial charge in [0.2, 0.25) is 0 Å². The van der Waals surface area contributed by atoms with Crippen LogP contribution in [0.15, 0.2) is 36.4 Å². The monoisotopic (exact) mass is 227 g/mol. The van der Waals surface area contributed by atoms with Crippen molar-refractivity contribution in [3.05, 3.63) is 42.1 Å². The summed E-state index contributed by atoms with van der Waals surface area (Å²) in [5, 5.41) is 3.08. The third kappa shape index (κ3) is 2.61. The van der Waals surface area contributed by atoms with Crippen LogP contribution in [0.4, 0.5) is 5.82 Å². The number of aromatic nitrogens is 2. The molecular weight excluding hydrogens is 210 g/mol. The molecule has 0 amide bonds. The lowest BCUT2D eigenvalue weighted by Gasteiger charge is -2.10. The van der Waals surface area contributed by atoms with E-state index >= 15 is 0 Å². The van der Waals surface area contributed by atoms with Crippen molar-refractivity contribution in [2.24, 2.45) is 0 Å². The predicted octanol–water partition coefficient (Wildman–Crippen LogP) is 3.31. The lowest BCUT2D eigenvalue weighted by molar-refractivity contribution is 0.817. The van der Waals surface area contributed by atoms with Gasteiger partial charge in [-0.3, -0.25) is 0 Å². The topological polar surface area (TPSA) is 37.8 Å². The Morgan fingerprint density at radius 2 is 1.76 bits per heavy atom. The van der Waals surface area contributed by atoms with E-state index in [1.807, 2.05) is 43.4 Å². The molecule has 1 N–H and O–H groups in total. The van der Waals surface area contributed by atoms with E-state index in [-0.39, 0.29) is 0 Å². The van der Waals surface area contributed by atoms with E-state index in [2.05, 4.69) is 29.1 Å². The van der Waals surface area contributed by atoms with Crippen molar-refractivity contribution in [1.82, 2.24) is 9.97 Å². The second-order valence-electron chi connectivity index (χ2n) is 4.27. The average molecular weight is 227 g/mol. The van der Waals surface area contributed by atoms with E-state index in [1.54, 1.807) is 0 Å². The van der Waals surface area contributed by atoms with Crippen LogP contribution in [0.1, 0.15) is 25.5 Å². The Kier molecular flexibility index (Phi) is 3.38.